The van der Waals surface area contributed by atoms with E-state index in [9.17, 15) is 19.5 Å². The Kier molecular flexibility index (Phi) is 6.89. The first-order valence-electron chi connectivity index (χ1n) is 10.9. The van der Waals surface area contributed by atoms with Gasteiger partial charge in [-0.25, -0.2) is 0 Å². The first kappa shape index (κ1) is 24.2. The van der Waals surface area contributed by atoms with Gasteiger partial charge in [-0.3, -0.25) is 14.4 Å². The Balaban J connectivity index is 2.03. The van der Waals surface area contributed by atoms with Gasteiger partial charge in [0.2, 0.25) is 11.8 Å². The van der Waals surface area contributed by atoms with E-state index in [4.69, 9.17) is 9.84 Å². The lowest BCUT2D eigenvalue weighted by molar-refractivity contribution is -0.152. The number of halogens is 1. The van der Waals surface area contributed by atoms with Crippen molar-refractivity contribution in [3.63, 3.8) is 0 Å². The van der Waals surface area contributed by atoms with Gasteiger partial charge < -0.3 is 24.7 Å². The van der Waals surface area contributed by atoms with Crippen LogP contribution in [-0.4, -0.2) is 85.6 Å². The van der Waals surface area contributed by atoms with E-state index in [0.29, 0.717) is 38.8 Å². The molecule has 6 atom stereocenters. The first-order chi connectivity index (χ1) is 14.5. The Morgan fingerprint density at radius 1 is 1.35 bits per heavy atom. The molecule has 1 spiro atoms. The van der Waals surface area contributed by atoms with Crippen molar-refractivity contribution in [2.45, 2.75) is 74.6 Å². The lowest BCUT2D eigenvalue weighted by atomic mass is 9.70. The third-order valence-corrected chi connectivity index (χ3v) is 7.60. The Morgan fingerprint density at radius 3 is 2.58 bits per heavy atom. The van der Waals surface area contributed by atoms with E-state index in [1.54, 1.807) is 15.9 Å². The van der Waals surface area contributed by atoms with Gasteiger partial charge in [0.25, 0.3) is 0 Å². The van der Waals surface area contributed by atoms with E-state index < -0.39 is 41.1 Å². The Labute approximate surface area is 191 Å². The number of alkyl halides is 1. The second kappa shape index (κ2) is 8.83. The molecule has 8 nitrogen and oxygen atoms in total. The molecule has 0 aliphatic carbocycles. The molecule has 0 aromatic carbocycles. The minimum Gasteiger partial charge on any atom is -0.481 e. The molecule has 1 unspecified atom stereocenters. The average molecular weight is 501 g/mol. The molecule has 2 amide bonds. The van der Waals surface area contributed by atoms with E-state index >= 15 is 0 Å². The van der Waals surface area contributed by atoms with Crippen LogP contribution >= 0.6 is 15.9 Å². The third-order valence-electron chi connectivity index (χ3n) is 6.75. The van der Waals surface area contributed by atoms with Gasteiger partial charge in [-0.15, -0.1) is 6.58 Å². The summed E-state index contributed by atoms with van der Waals surface area (Å²) in [7, 11) is 0. The number of ether oxygens (including phenoxy) is 1. The SMILES string of the molecule is C=CCN(C(=O)[C@@H]1N(CCCCCO)C(=O)[C@H]2[C@H](C(=O)O)[C@H]3O[C@@]12CC3Br)C(C)(C)C. The Hall–Kier alpha value is -1.45. The molecule has 31 heavy (non-hydrogen) atoms. The van der Waals surface area contributed by atoms with Crippen molar-refractivity contribution in [3.05, 3.63) is 12.7 Å². The largest absolute Gasteiger partial charge is 0.481 e. The number of unbranched alkanes of at least 4 members (excludes halogenated alkanes) is 2. The summed E-state index contributed by atoms with van der Waals surface area (Å²) in [5.41, 5.74) is -1.67. The summed E-state index contributed by atoms with van der Waals surface area (Å²) in [6, 6.07) is -0.882. The number of nitrogens with zero attached hydrogens (tertiary/aromatic N) is 2. The van der Waals surface area contributed by atoms with Crippen molar-refractivity contribution >= 4 is 33.7 Å². The fourth-order valence-electron chi connectivity index (χ4n) is 5.47. The second-order valence-corrected chi connectivity index (χ2v) is 10.9. The zero-order chi connectivity index (χ0) is 23.1. The van der Waals surface area contributed by atoms with Gasteiger partial charge in [0.05, 0.1) is 17.9 Å². The van der Waals surface area contributed by atoms with Crippen molar-refractivity contribution in [2.75, 3.05) is 19.7 Å². The number of aliphatic hydroxyl groups is 1. The maximum absolute atomic E-state index is 13.9. The van der Waals surface area contributed by atoms with Gasteiger partial charge in [0.15, 0.2) is 0 Å². The van der Waals surface area contributed by atoms with Crippen molar-refractivity contribution in [3.8, 4) is 0 Å². The van der Waals surface area contributed by atoms with Gasteiger partial charge in [-0.2, -0.15) is 0 Å². The highest BCUT2D eigenvalue weighted by molar-refractivity contribution is 9.09. The number of aliphatic carboxylic acids is 1. The van der Waals surface area contributed by atoms with Crippen LogP contribution in [0.3, 0.4) is 0 Å². The van der Waals surface area contributed by atoms with Crippen LogP contribution in [0.15, 0.2) is 12.7 Å². The molecule has 3 rings (SSSR count). The second-order valence-electron chi connectivity index (χ2n) is 9.73. The zero-order valence-corrected chi connectivity index (χ0v) is 20.0. The molecule has 3 saturated heterocycles. The summed E-state index contributed by atoms with van der Waals surface area (Å²) < 4.78 is 6.27. The number of carbonyl (C=O) groups is 3. The first-order valence-corrected chi connectivity index (χ1v) is 11.8. The van der Waals surface area contributed by atoms with Gasteiger partial charge >= 0.3 is 5.97 Å². The summed E-state index contributed by atoms with van der Waals surface area (Å²) in [6.07, 6.45) is 3.37. The molecule has 0 aromatic rings. The molecule has 0 radical (unpaired) electrons. The minimum absolute atomic E-state index is 0.0666. The lowest BCUT2D eigenvalue weighted by Gasteiger charge is -2.42. The third kappa shape index (κ3) is 3.93. The highest BCUT2D eigenvalue weighted by Crippen LogP contribution is 2.60. The van der Waals surface area contributed by atoms with Crippen molar-refractivity contribution in [2.24, 2.45) is 11.8 Å². The van der Waals surface area contributed by atoms with E-state index in [2.05, 4.69) is 22.5 Å². The fraction of sp³-hybridized carbons (Fsp3) is 0.773. The zero-order valence-electron chi connectivity index (χ0n) is 18.4. The highest BCUT2D eigenvalue weighted by atomic mass is 79.9. The van der Waals surface area contributed by atoms with Crippen LogP contribution in [0.2, 0.25) is 0 Å². The number of hydrogen-bond acceptors (Lipinski definition) is 5. The molecule has 174 valence electrons. The van der Waals surface area contributed by atoms with Crippen LogP contribution in [0.5, 0.6) is 0 Å². The predicted molar refractivity (Wildman–Crippen MR) is 118 cm³/mol. The molecule has 0 saturated carbocycles. The highest BCUT2D eigenvalue weighted by Gasteiger charge is 2.76. The fourth-order valence-corrected chi connectivity index (χ4v) is 6.42. The standard InChI is InChI=1S/C22H33BrN2O6/c1-5-9-25(21(2,3)4)19(28)17-22-12-13(23)16(31-22)14(20(29)30)15(22)18(27)24(17)10-7-6-8-11-26/h5,13-17,26H,1,6-12H2,2-4H3,(H,29,30)/t13?,14-,15+,16-,17-,22+/m0/s1. The summed E-state index contributed by atoms with van der Waals surface area (Å²) in [5, 5.41) is 19.0. The number of aliphatic hydroxyl groups excluding tert-OH is 1. The van der Waals surface area contributed by atoms with E-state index in [1.165, 1.54) is 0 Å². The molecule has 3 heterocycles. The average Bonchev–Trinajstić information content (AvgIpc) is 3.26. The van der Waals surface area contributed by atoms with Crippen LogP contribution in [-0.2, 0) is 19.1 Å². The molecule has 3 aliphatic rings. The molecule has 3 aliphatic heterocycles. The number of rotatable bonds is 9. The van der Waals surface area contributed by atoms with Crippen LogP contribution in [0.25, 0.3) is 0 Å². The Morgan fingerprint density at radius 2 is 2.03 bits per heavy atom. The van der Waals surface area contributed by atoms with Crippen molar-refractivity contribution < 1.29 is 29.3 Å². The number of amides is 2. The van der Waals surface area contributed by atoms with Crippen LogP contribution in [0, 0.1) is 11.8 Å². The van der Waals surface area contributed by atoms with Gasteiger partial charge in [0, 0.05) is 30.1 Å². The summed E-state index contributed by atoms with van der Waals surface area (Å²) >= 11 is 3.55. The number of likely N-dealkylation sites (tertiary alicyclic amines) is 1. The molecule has 2 N–H and O–H groups in total. The molecule has 0 aromatic heterocycles. The Bertz CT molecular complexity index is 753. The lowest BCUT2D eigenvalue weighted by Crippen LogP contribution is -2.60. The van der Waals surface area contributed by atoms with Crippen molar-refractivity contribution in [1.82, 2.24) is 9.80 Å². The normalized spacial score (nSPS) is 34.2. The number of carboxylic acids is 1. The van der Waals surface area contributed by atoms with Crippen LogP contribution < -0.4 is 0 Å². The monoisotopic (exact) mass is 500 g/mol. The van der Waals surface area contributed by atoms with E-state index in [1.807, 2.05) is 20.8 Å². The summed E-state index contributed by atoms with van der Waals surface area (Å²) in [4.78, 5) is 42.6. The number of carboxylic acid groups (broad SMARTS) is 1. The summed E-state index contributed by atoms with van der Waals surface area (Å²) in [6.45, 7) is 10.2. The van der Waals surface area contributed by atoms with Crippen molar-refractivity contribution in [1.29, 1.82) is 0 Å². The minimum atomic E-state index is -1.16. The molecular formula is C22H33BrN2O6. The predicted octanol–water partition coefficient (Wildman–Crippen LogP) is 1.79. The maximum atomic E-state index is 13.9. The number of carbonyl (C=O) groups excluding carboxylic acids is 2. The molecular weight excluding hydrogens is 468 g/mol. The molecule has 2 bridgehead atoms. The van der Waals surface area contributed by atoms with Gasteiger partial charge in [-0.05, 0) is 46.5 Å². The van der Waals surface area contributed by atoms with E-state index in [0.717, 1.165) is 0 Å². The topological polar surface area (TPSA) is 107 Å². The maximum Gasteiger partial charge on any atom is 0.310 e. The van der Waals surface area contributed by atoms with Gasteiger partial charge in [0.1, 0.15) is 11.6 Å². The quantitative estimate of drug-likeness (QED) is 0.284. The smallest absolute Gasteiger partial charge is 0.310 e. The van der Waals surface area contributed by atoms with E-state index in [-0.39, 0.29) is 23.2 Å². The summed E-state index contributed by atoms with van der Waals surface area (Å²) in [5.74, 6) is -3.48. The number of hydrogen-bond donors (Lipinski definition) is 2. The molecule has 3 fully saturated rings. The van der Waals surface area contributed by atoms with Crippen LogP contribution in [0.1, 0.15) is 46.5 Å². The molecule has 9 heteroatoms. The number of fused-ring (bicyclic) bond motifs is 1. The van der Waals surface area contributed by atoms with Gasteiger partial charge in [-0.1, -0.05) is 22.0 Å². The van der Waals surface area contributed by atoms with Crippen LogP contribution in [0.4, 0.5) is 0 Å².